The van der Waals surface area contributed by atoms with Crippen molar-refractivity contribution in [3.63, 3.8) is 0 Å². The molecule has 1 aliphatic carbocycles. The summed E-state index contributed by atoms with van der Waals surface area (Å²) < 4.78 is 17.2. The predicted octanol–water partition coefficient (Wildman–Crippen LogP) is 2.67. The van der Waals surface area contributed by atoms with Crippen LogP contribution in [0.25, 0.3) is 0 Å². The Hall–Kier alpha value is -1.22. The van der Waals surface area contributed by atoms with E-state index in [1.54, 1.807) is 7.11 Å². The number of fused-ring (bicyclic) bond motifs is 4. The highest BCUT2D eigenvalue weighted by molar-refractivity contribution is 5.53. The summed E-state index contributed by atoms with van der Waals surface area (Å²) in [6.07, 6.45) is 5.70. The van der Waals surface area contributed by atoms with Gasteiger partial charge in [0, 0.05) is 11.0 Å². The summed E-state index contributed by atoms with van der Waals surface area (Å²) in [6.45, 7) is 0.778. The Morgan fingerprint density at radius 1 is 1.33 bits per heavy atom. The molecule has 3 atom stereocenters. The Morgan fingerprint density at radius 2 is 2.28 bits per heavy atom. The van der Waals surface area contributed by atoms with Gasteiger partial charge in [0.25, 0.3) is 0 Å². The molecular formula is C15H18O3. The van der Waals surface area contributed by atoms with Crippen molar-refractivity contribution in [2.75, 3.05) is 13.7 Å². The normalized spacial score (nSPS) is 36.5. The van der Waals surface area contributed by atoms with Gasteiger partial charge in [0.05, 0.1) is 25.9 Å². The van der Waals surface area contributed by atoms with Gasteiger partial charge < -0.3 is 14.2 Å². The first-order valence-electron chi connectivity index (χ1n) is 6.81. The van der Waals surface area contributed by atoms with Crippen LogP contribution in [0.3, 0.4) is 0 Å². The zero-order chi connectivity index (χ0) is 12.2. The SMILES string of the molecule is COc1cccc2c1OCC[C@@]21CCC[C@@H]2O[C@@H]21. The van der Waals surface area contributed by atoms with Crippen molar-refractivity contribution in [3.05, 3.63) is 23.8 Å². The number of benzene rings is 1. The van der Waals surface area contributed by atoms with Crippen LogP contribution in [-0.2, 0) is 10.2 Å². The molecule has 0 N–H and O–H groups in total. The van der Waals surface area contributed by atoms with Crippen LogP contribution < -0.4 is 9.47 Å². The third-order valence-electron chi connectivity index (χ3n) is 4.77. The Bertz CT molecular complexity index is 485. The van der Waals surface area contributed by atoms with Gasteiger partial charge in [0.15, 0.2) is 11.5 Å². The molecule has 18 heavy (non-hydrogen) atoms. The number of para-hydroxylation sites is 1. The Labute approximate surface area is 107 Å². The Morgan fingerprint density at radius 3 is 3.17 bits per heavy atom. The first-order valence-corrected chi connectivity index (χ1v) is 6.81. The maximum Gasteiger partial charge on any atom is 0.164 e. The van der Waals surface area contributed by atoms with Gasteiger partial charge in [0.1, 0.15) is 0 Å². The molecule has 2 aliphatic heterocycles. The number of methoxy groups -OCH3 is 1. The van der Waals surface area contributed by atoms with Gasteiger partial charge in [-0.3, -0.25) is 0 Å². The van der Waals surface area contributed by atoms with Crippen LogP contribution >= 0.6 is 0 Å². The first-order chi connectivity index (χ1) is 8.85. The molecule has 0 bridgehead atoms. The van der Waals surface area contributed by atoms with Crippen molar-refractivity contribution in [3.8, 4) is 11.5 Å². The highest BCUT2D eigenvalue weighted by atomic mass is 16.6. The lowest BCUT2D eigenvalue weighted by Crippen LogP contribution is -2.41. The highest BCUT2D eigenvalue weighted by Gasteiger charge is 2.59. The second kappa shape index (κ2) is 3.64. The van der Waals surface area contributed by atoms with Crippen LogP contribution in [0.5, 0.6) is 11.5 Å². The molecule has 3 heteroatoms. The van der Waals surface area contributed by atoms with Crippen LogP contribution in [-0.4, -0.2) is 25.9 Å². The highest BCUT2D eigenvalue weighted by Crippen LogP contribution is 2.57. The van der Waals surface area contributed by atoms with Crippen molar-refractivity contribution < 1.29 is 14.2 Å². The van der Waals surface area contributed by atoms with E-state index in [4.69, 9.17) is 14.2 Å². The molecule has 1 saturated heterocycles. The van der Waals surface area contributed by atoms with Crippen LogP contribution in [0.1, 0.15) is 31.2 Å². The van der Waals surface area contributed by atoms with E-state index in [0.717, 1.165) is 24.5 Å². The summed E-state index contributed by atoms with van der Waals surface area (Å²) in [6, 6.07) is 6.24. The third-order valence-corrected chi connectivity index (χ3v) is 4.77. The van der Waals surface area contributed by atoms with Gasteiger partial charge in [-0.05, 0) is 31.7 Å². The fraction of sp³-hybridized carbons (Fsp3) is 0.600. The van der Waals surface area contributed by atoms with Crippen molar-refractivity contribution in [2.45, 2.75) is 43.3 Å². The van der Waals surface area contributed by atoms with Gasteiger partial charge in [-0.1, -0.05) is 12.1 Å². The van der Waals surface area contributed by atoms with Crippen molar-refractivity contribution >= 4 is 0 Å². The fourth-order valence-electron chi connectivity index (χ4n) is 3.85. The molecule has 1 aromatic carbocycles. The lowest BCUT2D eigenvalue weighted by atomic mass is 9.66. The van der Waals surface area contributed by atoms with E-state index in [1.165, 1.54) is 24.8 Å². The monoisotopic (exact) mass is 246 g/mol. The van der Waals surface area contributed by atoms with Gasteiger partial charge in [-0.25, -0.2) is 0 Å². The number of ether oxygens (including phenoxy) is 3. The average molecular weight is 246 g/mol. The van der Waals surface area contributed by atoms with E-state index < -0.39 is 0 Å². The molecule has 0 amide bonds. The van der Waals surface area contributed by atoms with E-state index in [2.05, 4.69) is 12.1 Å². The summed E-state index contributed by atoms with van der Waals surface area (Å²) in [5.41, 5.74) is 1.49. The zero-order valence-corrected chi connectivity index (χ0v) is 10.6. The molecule has 2 heterocycles. The molecule has 1 aromatic rings. The summed E-state index contributed by atoms with van der Waals surface area (Å²) in [7, 11) is 1.71. The largest absolute Gasteiger partial charge is 0.493 e. The average Bonchev–Trinajstić information content (AvgIpc) is 3.20. The second-order valence-electron chi connectivity index (χ2n) is 5.58. The Balaban J connectivity index is 1.85. The third kappa shape index (κ3) is 1.28. The van der Waals surface area contributed by atoms with Crippen molar-refractivity contribution in [1.82, 2.24) is 0 Å². The standard InChI is InChI=1S/C15H18O3/c1-16-11-5-2-4-10-13(11)17-9-8-15(10)7-3-6-12-14(15)18-12/h2,4-5,12,14H,3,6-9H2,1H3/t12-,14-,15-/m0/s1. The molecule has 0 unspecified atom stereocenters. The molecular weight excluding hydrogens is 228 g/mol. The van der Waals surface area contributed by atoms with Gasteiger partial charge in [-0.2, -0.15) is 0 Å². The van der Waals surface area contributed by atoms with Crippen LogP contribution in [0.2, 0.25) is 0 Å². The van der Waals surface area contributed by atoms with Gasteiger partial charge in [-0.15, -0.1) is 0 Å². The predicted molar refractivity (Wildman–Crippen MR) is 67.3 cm³/mol. The minimum absolute atomic E-state index is 0.186. The molecule has 3 nitrogen and oxygen atoms in total. The molecule has 0 radical (unpaired) electrons. The van der Waals surface area contributed by atoms with E-state index in [0.29, 0.717) is 12.2 Å². The molecule has 2 fully saturated rings. The summed E-state index contributed by atoms with van der Waals surface area (Å²) in [4.78, 5) is 0. The minimum Gasteiger partial charge on any atom is -0.493 e. The van der Waals surface area contributed by atoms with Crippen LogP contribution in [0.4, 0.5) is 0 Å². The smallest absolute Gasteiger partial charge is 0.164 e. The maximum atomic E-state index is 5.91. The van der Waals surface area contributed by atoms with E-state index in [9.17, 15) is 0 Å². The maximum absolute atomic E-state index is 5.91. The molecule has 0 aromatic heterocycles. The number of hydrogen-bond acceptors (Lipinski definition) is 3. The van der Waals surface area contributed by atoms with Gasteiger partial charge in [0.2, 0.25) is 0 Å². The van der Waals surface area contributed by atoms with Crippen molar-refractivity contribution in [1.29, 1.82) is 0 Å². The fourth-order valence-corrected chi connectivity index (χ4v) is 3.85. The molecule has 3 aliphatic rings. The van der Waals surface area contributed by atoms with E-state index >= 15 is 0 Å². The van der Waals surface area contributed by atoms with E-state index in [1.807, 2.05) is 6.07 Å². The second-order valence-corrected chi connectivity index (χ2v) is 5.58. The lowest BCUT2D eigenvalue weighted by Gasteiger charge is -2.40. The van der Waals surface area contributed by atoms with Crippen LogP contribution in [0.15, 0.2) is 18.2 Å². The zero-order valence-electron chi connectivity index (χ0n) is 10.6. The quantitative estimate of drug-likeness (QED) is 0.714. The Kier molecular flexibility index (Phi) is 2.16. The van der Waals surface area contributed by atoms with Crippen LogP contribution in [0, 0.1) is 0 Å². The first kappa shape index (κ1) is 10.7. The number of rotatable bonds is 1. The summed E-state index contributed by atoms with van der Waals surface area (Å²) >= 11 is 0. The summed E-state index contributed by atoms with van der Waals surface area (Å²) in [5.74, 6) is 1.80. The van der Waals surface area contributed by atoms with Gasteiger partial charge >= 0.3 is 0 Å². The topological polar surface area (TPSA) is 31.0 Å². The summed E-state index contributed by atoms with van der Waals surface area (Å²) in [5, 5.41) is 0. The molecule has 1 saturated carbocycles. The lowest BCUT2D eigenvalue weighted by molar-refractivity contribution is 0.163. The molecule has 96 valence electrons. The van der Waals surface area contributed by atoms with E-state index in [-0.39, 0.29) is 5.41 Å². The number of epoxide rings is 1. The molecule has 1 spiro atoms. The minimum atomic E-state index is 0.186. The van der Waals surface area contributed by atoms with Crippen molar-refractivity contribution in [2.24, 2.45) is 0 Å². The number of hydrogen-bond donors (Lipinski definition) is 0. The molecule has 4 rings (SSSR count).